The minimum atomic E-state index is -0.314. The number of carbonyl (C=O) groups is 1. The van der Waals surface area contributed by atoms with Crippen LogP contribution in [-0.2, 0) is 14.1 Å². The summed E-state index contributed by atoms with van der Waals surface area (Å²) in [5.74, 6) is 1.17. The number of benzene rings is 2. The Bertz CT molecular complexity index is 1340. The Morgan fingerprint density at radius 1 is 0.917 bits per heavy atom. The third kappa shape index (κ3) is 6.01. The number of ketones is 1. The molecule has 3 aromatic rings. The van der Waals surface area contributed by atoms with Crippen molar-refractivity contribution in [1.82, 2.24) is 14.0 Å². The van der Waals surface area contributed by atoms with Crippen LogP contribution in [0, 0.1) is 0 Å². The van der Waals surface area contributed by atoms with Gasteiger partial charge in [0.1, 0.15) is 11.6 Å². The molecular formula is C28H32N4O4. The summed E-state index contributed by atoms with van der Waals surface area (Å²) in [6.45, 7) is 4.54. The zero-order chi connectivity index (χ0) is 25.5. The maximum atomic E-state index is 12.7. The number of allylic oxidation sites excluding steroid dienone is 1. The molecule has 2 aromatic carbocycles. The van der Waals surface area contributed by atoms with E-state index in [0.717, 1.165) is 49.3 Å². The highest BCUT2D eigenvalue weighted by atomic mass is 16.5. The van der Waals surface area contributed by atoms with Gasteiger partial charge in [-0.15, -0.1) is 0 Å². The van der Waals surface area contributed by atoms with Gasteiger partial charge in [-0.1, -0.05) is 48.5 Å². The Labute approximate surface area is 210 Å². The van der Waals surface area contributed by atoms with Gasteiger partial charge < -0.3 is 9.64 Å². The van der Waals surface area contributed by atoms with Gasteiger partial charge >= 0.3 is 5.69 Å². The maximum absolute atomic E-state index is 12.7. The number of carbonyl (C=O) groups excluding carboxylic acids is 1. The first kappa shape index (κ1) is 25.2. The first-order valence-electron chi connectivity index (χ1n) is 12.2. The van der Waals surface area contributed by atoms with Crippen LogP contribution in [0.25, 0.3) is 6.08 Å². The molecule has 1 aliphatic rings. The van der Waals surface area contributed by atoms with Gasteiger partial charge in [-0.2, -0.15) is 0 Å². The average Bonchev–Trinajstić information content (AvgIpc) is 2.92. The molecular weight excluding hydrogens is 456 g/mol. The predicted molar refractivity (Wildman–Crippen MR) is 142 cm³/mol. The number of hydrogen-bond donors (Lipinski definition) is 0. The molecule has 1 aromatic heterocycles. The zero-order valence-electron chi connectivity index (χ0n) is 20.8. The molecule has 8 nitrogen and oxygen atoms in total. The van der Waals surface area contributed by atoms with Gasteiger partial charge in [-0.05, 0) is 30.2 Å². The largest absolute Gasteiger partial charge is 0.493 e. The normalized spacial score (nSPS) is 14.3. The summed E-state index contributed by atoms with van der Waals surface area (Å²) in [5, 5.41) is 0. The molecule has 1 fully saturated rings. The fourth-order valence-corrected chi connectivity index (χ4v) is 4.32. The molecule has 0 aliphatic carbocycles. The summed E-state index contributed by atoms with van der Waals surface area (Å²) < 4.78 is 8.62. The lowest BCUT2D eigenvalue weighted by Gasteiger charge is -2.36. The Morgan fingerprint density at radius 2 is 1.61 bits per heavy atom. The van der Waals surface area contributed by atoms with Crippen molar-refractivity contribution in [3.63, 3.8) is 0 Å². The van der Waals surface area contributed by atoms with Crippen LogP contribution in [0.5, 0.6) is 5.75 Å². The third-order valence-electron chi connectivity index (χ3n) is 6.45. The number of piperazine rings is 1. The fourth-order valence-electron chi connectivity index (χ4n) is 4.32. The van der Waals surface area contributed by atoms with Gasteiger partial charge in [0.2, 0.25) is 0 Å². The maximum Gasteiger partial charge on any atom is 0.332 e. The van der Waals surface area contributed by atoms with Gasteiger partial charge in [0.25, 0.3) is 5.56 Å². The summed E-state index contributed by atoms with van der Waals surface area (Å²) >= 11 is 0. The van der Waals surface area contributed by atoms with Crippen LogP contribution in [0.2, 0.25) is 0 Å². The second kappa shape index (κ2) is 11.7. The molecule has 0 bridgehead atoms. The molecule has 4 rings (SSSR count). The Morgan fingerprint density at radius 3 is 2.36 bits per heavy atom. The van der Waals surface area contributed by atoms with Crippen molar-refractivity contribution >= 4 is 17.7 Å². The quantitative estimate of drug-likeness (QED) is 0.262. The molecule has 0 saturated carbocycles. The van der Waals surface area contributed by atoms with Crippen molar-refractivity contribution in [2.75, 3.05) is 44.2 Å². The monoisotopic (exact) mass is 488 g/mol. The van der Waals surface area contributed by atoms with Crippen LogP contribution in [0.3, 0.4) is 0 Å². The first-order valence-corrected chi connectivity index (χ1v) is 12.2. The van der Waals surface area contributed by atoms with Crippen molar-refractivity contribution < 1.29 is 9.53 Å². The van der Waals surface area contributed by atoms with Crippen LogP contribution in [0.1, 0.15) is 22.3 Å². The van der Waals surface area contributed by atoms with E-state index >= 15 is 0 Å². The van der Waals surface area contributed by atoms with E-state index in [2.05, 4.69) is 9.80 Å². The standard InChI is InChI=1S/C28H32N4O4/c1-29-26(21-27(34)30(2)28(29)35)32-18-16-31(17-19-32)15-8-20-36-25-12-7-6-11-23(25)24(33)14-13-22-9-4-3-5-10-22/h3-7,9-14,21H,8,15-20H2,1-2H3. The lowest BCUT2D eigenvalue weighted by atomic mass is 10.1. The van der Waals surface area contributed by atoms with Crippen LogP contribution in [0.15, 0.2) is 76.3 Å². The van der Waals surface area contributed by atoms with E-state index < -0.39 is 0 Å². The Balaban J connectivity index is 1.26. The molecule has 0 unspecified atom stereocenters. The molecule has 0 amide bonds. The molecule has 1 saturated heterocycles. The molecule has 0 N–H and O–H groups in total. The van der Waals surface area contributed by atoms with Gasteiger partial charge in [-0.25, -0.2) is 4.79 Å². The van der Waals surface area contributed by atoms with E-state index in [1.54, 1.807) is 19.2 Å². The molecule has 36 heavy (non-hydrogen) atoms. The van der Waals surface area contributed by atoms with Crippen molar-refractivity contribution in [3.8, 4) is 5.75 Å². The van der Waals surface area contributed by atoms with Gasteiger partial charge in [0, 0.05) is 52.9 Å². The van der Waals surface area contributed by atoms with E-state index in [9.17, 15) is 14.4 Å². The lowest BCUT2D eigenvalue weighted by molar-refractivity contribution is 0.104. The van der Waals surface area contributed by atoms with Crippen LogP contribution < -0.4 is 20.9 Å². The SMILES string of the molecule is Cn1c(N2CCN(CCCOc3ccccc3C(=O)C=Cc3ccccc3)CC2)cc(=O)n(C)c1=O. The average molecular weight is 489 g/mol. The summed E-state index contributed by atoms with van der Waals surface area (Å²) in [6, 6.07) is 18.6. The number of hydrogen-bond acceptors (Lipinski definition) is 6. The second-order valence-electron chi connectivity index (χ2n) is 8.88. The highest BCUT2D eigenvalue weighted by Crippen LogP contribution is 2.20. The number of nitrogens with zero attached hydrogens (tertiary/aromatic N) is 4. The van der Waals surface area contributed by atoms with E-state index in [4.69, 9.17) is 4.74 Å². The minimum Gasteiger partial charge on any atom is -0.493 e. The smallest absolute Gasteiger partial charge is 0.332 e. The lowest BCUT2D eigenvalue weighted by Crippen LogP contribution is -2.49. The predicted octanol–water partition coefficient (Wildman–Crippen LogP) is 2.57. The minimum absolute atomic E-state index is 0.0873. The number of anilines is 1. The summed E-state index contributed by atoms with van der Waals surface area (Å²) in [5.41, 5.74) is 0.924. The number of rotatable bonds is 9. The number of ether oxygens (including phenoxy) is 1. The first-order chi connectivity index (χ1) is 17.4. The molecule has 1 aliphatic heterocycles. The summed E-state index contributed by atoms with van der Waals surface area (Å²) in [6.07, 6.45) is 4.21. The van der Waals surface area contributed by atoms with E-state index in [-0.39, 0.29) is 17.0 Å². The highest BCUT2D eigenvalue weighted by molar-refractivity contribution is 6.08. The van der Waals surface area contributed by atoms with Crippen molar-refractivity contribution in [1.29, 1.82) is 0 Å². The fraction of sp³-hybridized carbons (Fsp3) is 0.321. The topological polar surface area (TPSA) is 76.8 Å². The Hall–Kier alpha value is -3.91. The van der Waals surface area contributed by atoms with Crippen LogP contribution in [-0.4, -0.2) is 59.1 Å². The van der Waals surface area contributed by atoms with Gasteiger partial charge in [-0.3, -0.25) is 23.6 Å². The molecule has 0 spiro atoms. The van der Waals surface area contributed by atoms with Crippen molar-refractivity contribution in [3.05, 3.63) is 98.7 Å². The van der Waals surface area contributed by atoms with E-state index in [1.807, 2.05) is 54.6 Å². The van der Waals surface area contributed by atoms with Gasteiger partial charge in [0.15, 0.2) is 5.78 Å². The molecule has 2 heterocycles. The molecule has 188 valence electrons. The van der Waals surface area contributed by atoms with Gasteiger partial charge in [0.05, 0.1) is 12.2 Å². The molecule has 8 heteroatoms. The van der Waals surface area contributed by atoms with Crippen LogP contribution in [0.4, 0.5) is 5.82 Å². The molecule has 0 radical (unpaired) electrons. The Kier molecular flexibility index (Phi) is 8.17. The van der Waals surface area contributed by atoms with Crippen molar-refractivity contribution in [2.24, 2.45) is 14.1 Å². The van der Waals surface area contributed by atoms with E-state index in [1.165, 1.54) is 17.7 Å². The summed E-state index contributed by atoms with van der Waals surface area (Å²) in [7, 11) is 3.19. The zero-order valence-corrected chi connectivity index (χ0v) is 20.8. The van der Waals surface area contributed by atoms with Crippen LogP contribution >= 0.6 is 0 Å². The van der Waals surface area contributed by atoms with E-state index in [0.29, 0.717) is 23.7 Å². The highest BCUT2D eigenvalue weighted by Gasteiger charge is 2.20. The van der Waals surface area contributed by atoms with Crippen molar-refractivity contribution in [2.45, 2.75) is 6.42 Å². The summed E-state index contributed by atoms with van der Waals surface area (Å²) in [4.78, 5) is 41.4. The second-order valence-corrected chi connectivity index (χ2v) is 8.88. The number of para-hydroxylation sites is 1. The third-order valence-corrected chi connectivity index (χ3v) is 6.45. The molecule has 0 atom stereocenters. The number of aromatic nitrogens is 2.